The molecule has 0 bridgehead atoms. The Bertz CT molecular complexity index is 1120. The van der Waals surface area contributed by atoms with Crippen LogP contribution in [0, 0.1) is 5.92 Å². The van der Waals surface area contributed by atoms with Gasteiger partial charge in [0.1, 0.15) is 0 Å². The lowest BCUT2D eigenvalue weighted by Gasteiger charge is -2.42. The number of piperidine rings is 1. The molecule has 30 heavy (non-hydrogen) atoms. The molecule has 154 valence electrons. The van der Waals surface area contributed by atoms with E-state index in [-0.39, 0.29) is 11.3 Å². The Kier molecular flexibility index (Phi) is 4.65. The maximum Gasteiger partial charge on any atom is 0.222 e. The van der Waals surface area contributed by atoms with Crippen LogP contribution < -0.4 is 0 Å². The number of carbonyl (C=O) groups excluding carboxylic acids is 1. The molecule has 0 spiro atoms. The summed E-state index contributed by atoms with van der Waals surface area (Å²) in [5, 5.41) is 2.56. The fourth-order valence-corrected chi connectivity index (χ4v) is 5.23. The number of aromatic amines is 2. The lowest BCUT2D eigenvalue weighted by molar-refractivity contribution is -0.133. The number of amides is 1. The normalized spacial score (nSPS) is 16.6. The third-order valence-corrected chi connectivity index (χ3v) is 6.76. The van der Waals surface area contributed by atoms with Crippen molar-refractivity contribution in [2.75, 3.05) is 13.1 Å². The first-order valence-corrected chi connectivity index (χ1v) is 11.0. The Morgan fingerprint density at radius 1 is 0.900 bits per heavy atom. The highest BCUT2D eigenvalue weighted by Gasteiger charge is 2.41. The van der Waals surface area contributed by atoms with Crippen molar-refractivity contribution < 1.29 is 4.79 Å². The zero-order valence-electron chi connectivity index (χ0n) is 17.7. The number of fused-ring (bicyclic) bond motifs is 2. The van der Waals surface area contributed by atoms with Gasteiger partial charge in [0, 0.05) is 59.1 Å². The summed E-state index contributed by atoms with van der Waals surface area (Å²) in [6.45, 7) is 5.82. The molecule has 4 aromatic rings. The molecule has 1 aliphatic heterocycles. The summed E-state index contributed by atoms with van der Waals surface area (Å²) in [4.78, 5) is 21.8. The van der Waals surface area contributed by atoms with Crippen molar-refractivity contribution in [3.05, 3.63) is 72.1 Å². The molecular formula is C26H29N3O. The van der Waals surface area contributed by atoms with Gasteiger partial charge in [0.25, 0.3) is 0 Å². The van der Waals surface area contributed by atoms with E-state index in [9.17, 15) is 4.79 Å². The number of carbonyl (C=O) groups is 1. The maximum absolute atomic E-state index is 12.7. The second kappa shape index (κ2) is 7.35. The molecule has 5 rings (SSSR count). The molecule has 1 fully saturated rings. The van der Waals surface area contributed by atoms with E-state index in [1.165, 1.54) is 32.9 Å². The van der Waals surface area contributed by atoms with Crippen molar-refractivity contribution in [2.24, 2.45) is 5.92 Å². The van der Waals surface area contributed by atoms with Crippen LogP contribution in [-0.2, 0) is 10.2 Å². The predicted molar refractivity (Wildman–Crippen MR) is 123 cm³/mol. The average Bonchev–Trinajstić information content (AvgIpc) is 3.38. The Morgan fingerprint density at radius 3 is 1.90 bits per heavy atom. The molecule has 4 nitrogen and oxygen atoms in total. The molecule has 0 unspecified atom stereocenters. The number of nitrogens with zero attached hydrogens (tertiary/aromatic N) is 1. The molecule has 1 saturated heterocycles. The fraction of sp³-hybridized carbons (Fsp3) is 0.346. The standard InChI is InChI=1S/C26H29N3O/c1-18(2)15-25(30)29-13-11-26(12-14-29,21-16-27-23-9-5-3-7-19(21)23)22-17-28-24-10-6-4-8-20(22)24/h3-10,16-18,27-28H,11-15H2,1-2H3. The van der Waals surface area contributed by atoms with Gasteiger partial charge in [-0.2, -0.15) is 0 Å². The Morgan fingerprint density at radius 2 is 1.40 bits per heavy atom. The van der Waals surface area contributed by atoms with E-state index < -0.39 is 0 Å². The summed E-state index contributed by atoms with van der Waals surface area (Å²) in [7, 11) is 0. The van der Waals surface area contributed by atoms with Crippen LogP contribution in [0.3, 0.4) is 0 Å². The molecule has 1 amide bonds. The molecule has 2 aromatic heterocycles. The van der Waals surface area contributed by atoms with Crippen LogP contribution in [0.15, 0.2) is 60.9 Å². The van der Waals surface area contributed by atoms with Gasteiger partial charge in [0.15, 0.2) is 0 Å². The summed E-state index contributed by atoms with van der Waals surface area (Å²) in [5.41, 5.74) is 4.92. The summed E-state index contributed by atoms with van der Waals surface area (Å²) < 4.78 is 0. The number of hydrogen-bond donors (Lipinski definition) is 2. The Balaban J connectivity index is 1.61. The van der Waals surface area contributed by atoms with E-state index in [0.717, 1.165) is 25.9 Å². The molecule has 0 aliphatic carbocycles. The van der Waals surface area contributed by atoms with Gasteiger partial charge in [0.05, 0.1) is 0 Å². The average molecular weight is 400 g/mol. The van der Waals surface area contributed by atoms with Gasteiger partial charge in [-0.05, 0) is 42.0 Å². The lowest BCUT2D eigenvalue weighted by Crippen LogP contribution is -2.46. The number of aromatic nitrogens is 2. The number of benzene rings is 2. The molecule has 3 heterocycles. The Labute approximate surface area is 177 Å². The van der Waals surface area contributed by atoms with Crippen LogP contribution in [-0.4, -0.2) is 33.9 Å². The third kappa shape index (κ3) is 3.02. The van der Waals surface area contributed by atoms with Gasteiger partial charge in [-0.25, -0.2) is 0 Å². The number of nitrogens with one attached hydrogen (secondary N) is 2. The smallest absolute Gasteiger partial charge is 0.222 e. The molecule has 0 radical (unpaired) electrons. The first-order valence-electron chi connectivity index (χ1n) is 11.0. The maximum atomic E-state index is 12.7. The van der Waals surface area contributed by atoms with Crippen molar-refractivity contribution in [3.63, 3.8) is 0 Å². The quantitative estimate of drug-likeness (QED) is 0.461. The summed E-state index contributed by atoms with van der Waals surface area (Å²) >= 11 is 0. The number of likely N-dealkylation sites (tertiary alicyclic amines) is 1. The van der Waals surface area contributed by atoms with Crippen molar-refractivity contribution >= 4 is 27.7 Å². The minimum Gasteiger partial charge on any atom is -0.361 e. The number of H-pyrrole nitrogens is 2. The van der Waals surface area contributed by atoms with Gasteiger partial charge < -0.3 is 14.9 Å². The highest BCUT2D eigenvalue weighted by molar-refractivity contribution is 5.89. The van der Waals surface area contributed by atoms with Crippen LogP contribution in [0.4, 0.5) is 0 Å². The second-order valence-electron chi connectivity index (χ2n) is 9.06. The van der Waals surface area contributed by atoms with Crippen molar-refractivity contribution in [1.29, 1.82) is 0 Å². The third-order valence-electron chi connectivity index (χ3n) is 6.76. The van der Waals surface area contributed by atoms with E-state index in [1.807, 2.05) is 0 Å². The first-order chi connectivity index (χ1) is 14.6. The molecule has 0 saturated carbocycles. The van der Waals surface area contributed by atoms with E-state index in [0.29, 0.717) is 12.3 Å². The van der Waals surface area contributed by atoms with Crippen LogP contribution in [0.1, 0.15) is 44.2 Å². The van der Waals surface area contributed by atoms with Gasteiger partial charge in [-0.3, -0.25) is 4.79 Å². The SMILES string of the molecule is CC(C)CC(=O)N1CCC(c2c[nH]c3ccccc23)(c2c[nH]c3ccccc23)CC1. The minimum atomic E-state index is -0.117. The highest BCUT2D eigenvalue weighted by atomic mass is 16.2. The van der Waals surface area contributed by atoms with Crippen LogP contribution >= 0.6 is 0 Å². The molecule has 1 aliphatic rings. The minimum absolute atomic E-state index is 0.117. The molecule has 2 N–H and O–H groups in total. The monoisotopic (exact) mass is 399 g/mol. The lowest BCUT2D eigenvalue weighted by atomic mass is 9.68. The van der Waals surface area contributed by atoms with E-state index >= 15 is 0 Å². The van der Waals surface area contributed by atoms with Crippen LogP contribution in [0.2, 0.25) is 0 Å². The summed E-state index contributed by atoms with van der Waals surface area (Å²) in [6, 6.07) is 17.1. The zero-order chi connectivity index (χ0) is 20.7. The van der Waals surface area contributed by atoms with Gasteiger partial charge in [-0.15, -0.1) is 0 Å². The van der Waals surface area contributed by atoms with E-state index in [4.69, 9.17) is 0 Å². The molecule has 2 aromatic carbocycles. The number of rotatable bonds is 4. The van der Waals surface area contributed by atoms with Crippen molar-refractivity contribution in [1.82, 2.24) is 14.9 Å². The molecule has 4 heteroatoms. The topological polar surface area (TPSA) is 51.9 Å². The Hall–Kier alpha value is -3.01. The molecule has 0 atom stereocenters. The first kappa shape index (κ1) is 19.0. The highest BCUT2D eigenvalue weighted by Crippen LogP contribution is 2.47. The van der Waals surface area contributed by atoms with Crippen LogP contribution in [0.5, 0.6) is 0 Å². The zero-order valence-corrected chi connectivity index (χ0v) is 17.7. The summed E-state index contributed by atoms with van der Waals surface area (Å²) in [5.74, 6) is 0.683. The van der Waals surface area contributed by atoms with E-state index in [2.05, 4.69) is 89.6 Å². The fourth-order valence-electron chi connectivity index (χ4n) is 5.23. The van der Waals surface area contributed by atoms with Gasteiger partial charge in [0.2, 0.25) is 5.91 Å². The second-order valence-corrected chi connectivity index (χ2v) is 9.06. The largest absolute Gasteiger partial charge is 0.361 e. The molecular weight excluding hydrogens is 370 g/mol. The number of para-hydroxylation sites is 2. The van der Waals surface area contributed by atoms with Crippen molar-refractivity contribution in [2.45, 2.75) is 38.5 Å². The number of hydrogen-bond acceptors (Lipinski definition) is 1. The van der Waals surface area contributed by atoms with E-state index in [1.54, 1.807) is 0 Å². The predicted octanol–water partition coefficient (Wildman–Crippen LogP) is 5.60. The van der Waals surface area contributed by atoms with Crippen LogP contribution in [0.25, 0.3) is 21.8 Å². The van der Waals surface area contributed by atoms with Gasteiger partial charge >= 0.3 is 0 Å². The van der Waals surface area contributed by atoms with Crippen molar-refractivity contribution in [3.8, 4) is 0 Å². The van der Waals surface area contributed by atoms with Gasteiger partial charge in [-0.1, -0.05) is 50.2 Å². The summed E-state index contributed by atoms with van der Waals surface area (Å²) in [6.07, 6.45) is 6.88.